The number of thioether (sulfide) groups is 1. The molecule has 0 radical (unpaired) electrons. The lowest BCUT2D eigenvalue weighted by Crippen LogP contribution is -2.32. The largest absolute Gasteiger partial charge is 0.316 e. The molecular formula is C14H20BrNS. The van der Waals surface area contributed by atoms with Crippen LogP contribution in [0.1, 0.15) is 25.7 Å². The van der Waals surface area contributed by atoms with E-state index in [1.807, 2.05) is 11.8 Å². The van der Waals surface area contributed by atoms with Gasteiger partial charge in [0.2, 0.25) is 0 Å². The molecule has 0 aliphatic heterocycles. The van der Waals surface area contributed by atoms with Crippen molar-refractivity contribution in [2.45, 2.75) is 36.6 Å². The summed E-state index contributed by atoms with van der Waals surface area (Å²) in [4.78, 5) is 1.35. The quantitative estimate of drug-likeness (QED) is 0.785. The van der Waals surface area contributed by atoms with Gasteiger partial charge in [0, 0.05) is 21.2 Å². The zero-order valence-corrected chi connectivity index (χ0v) is 12.7. The van der Waals surface area contributed by atoms with E-state index in [-0.39, 0.29) is 0 Å². The smallest absolute Gasteiger partial charge is 0.0311 e. The van der Waals surface area contributed by atoms with E-state index in [9.17, 15) is 0 Å². The molecule has 1 fully saturated rings. The monoisotopic (exact) mass is 313 g/mol. The van der Waals surface area contributed by atoms with Crippen molar-refractivity contribution in [1.29, 1.82) is 0 Å². The van der Waals surface area contributed by atoms with Gasteiger partial charge in [-0.2, -0.15) is 0 Å². The molecule has 1 saturated carbocycles. The molecule has 0 saturated heterocycles. The third-order valence-electron chi connectivity index (χ3n) is 3.53. The minimum Gasteiger partial charge on any atom is -0.316 e. The summed E-state index contributed by atoms with van der Waals surface area (Å²) in [6.45, 7) is 0. The minimum atomic E-state index is 0.650. The molecule has 1 aromatic rings. The van der Waals surface area contributed by atoms with Crippen LogP contribution < -0.4 is 5.32 Å². The van der Waals surface area contributed by atoms with E-state index < -0.39 is 0 Å². The van der Waals surface area contributed by atoms with Crippen LogP contribution in [0.3, 0.4) is 0 Å². The van der Waals surface area contributed by atoms with Gasteiger partial charge in [0.25, 0.3) is 0 Å². The second-order valence-corrected chi connectivity index (χ2v) is 6.68. The van der Waals surface area contributed by atoms with E-state index in [1.54, 1.807) is 0 Å². The second-order valence-electron chi connectivity index (χ2n) is 4.76. The fraction of sp³-hybridized carbons (Fsp3) is 0.571. The normalized spacial score (nSPS) is 17.8. The standard InChI is InChI=1S/C14H20BrNS/c1-16-12(9-11-5-4-6-11)10-17-14-8-3-2-7-13(14)15/h2-3,7-8,11-12,16H,4-6,9-10H2,1H3. The maximum Gasteiger partial charge on any atom is 0.0311 e. The highest BCUT2D eigenvalue weighted by Gasteiger charge is 2.21. The average Bonchev–Trinajstić information content (AvgIpc) is 2.29. The van der Waals surface area contributed by atoms with E-state index in [4.69, 9.17) is 0 Å². The third-order valence-corrected chi connectivity index (χ3v) is 5.72. The molecule has 1 nitrogen and oxygen atoms in total. The highest BCUT2D eigenvalue weighted by molar-refractivity contribution is 9.10. The highest BCUT2D eigenvalue weighted by atomic mass is 79.9. The van der Waals surface area contributed by atoms with Crippen molar-refractivity contribution in [3.63, 3.8) is 0 Å². The Balaban J connectivity index is 1.80. The first-order valence-corrected chi connectivity index (χ1v) is 8.12. The van der Waals surface area contributed by atoms with Gasteiger partial charge in [-0.3, -0.25) is 0 Å². The molecule has 3 heteroatoms. The van der Waals surface area contributed by atoms with Crippen LogP contribution in [-0.4, -0.2) is 18.8 Å². The van der Waals surface area contributed by atoms with Crippen LogP contribution in [0, 0.1) is 5.92 Å². The lowest BCUT2D eigenvalue weighted by Gasteiger charge is -2.29. The molecule has 0 heterocycles. The number of hydrogen-bond donors (Lipinski definition) is 1. The molecule has 94 valence electrons. The molecule has 2 rings (SSSR count). The van der Waals surface area contributed by atoms with Gasteiger partial charge < -0.3 is 5.32 Å². The Bertz CT molecular complexity index is 352. The van der Waals surface area contributed by atoms with Crippen LogP contribution in [0.2, 0.25) is 0 Å². The average molecular weight is 314 g/mol. The summed E-state index contributed by atoms with van der Waals surface area (Å²) < 4.78 is 1.21. The molecule has 0 amide bonds. The van der Waals surface area contributed by atoms with Gasteiger partial charge in [-0.1, -0.05) is 31.4 Å². The molecule has 17 heavy (non-hydrogen) atoms. The van der Waals surface area contributed by atoms with E-state index in [0.29, 0.717) is 6.04 Å². The zero-order chi connectivity index (χ0) is 12.1. The van der Waals surface area contributed by atoms with Gasteiger partial charge in [-0.05, 0) is 47.4 Å². The predicted octanol–water partition coefficient (Wildman–Crippen LogP) is 4.32. The Morgan fingerprint density at radius 1 is 1.41 bits per heavy atom. The van der Waals surface area contributed by atoms with Crippen LogP contribution in [-0.2, 0) is 0 Å². The molecular weight excluding hydrogens is 294 g/mol. The van der Waals surface area contributed by atoms with Gasteiger partial charge in [-0.15, -0.1) is 11.8 Å². The molecule has 0 aromatic heterocycles. The number of hydrogen-bond acceptors (Lipinski definition) is 2. The summed E-state index contributed by atoms with van der Waals surface area (Å²) in [7, 11) is 2.09. The topological polar surface area (TPSA) is 12.0 Å². The number of halogens is 1. The van der Waals surface area contributed by atoms with Crippen molar-refractivity contribution in [3.05, 3.63) is 28.7 Å². The highest BCUT2D eigenvalue weighted by Crippen LogP contribution is 2.33. The number of benzene rings is 1. The Kier molecular flexibility index (Phi) is 5.39. The molecule has 1 atom stereocenters. The minimum absolute atomic E-state index is 0.650. The van der Waals surface area contributed by atoms with Crippen LogP contribution in [0.5, 0.6) is 0 Å². The van der Waals surface area contributed by atoms with Gasteiger partial charge in [0.1, 0.15) is 0 Å². The molecule has 1 aromatic carbocycles. The molecule has 1 aliphatic rings. The maximum atomic E-state index is 3.60. The van der Waals surface area contributed by atoms with E-state index in [2.05, 4.69) is 52.6 Å². The summed E-state index contributed by atoms with van der Waals surface area (Å²) in [5.41, 5.74) is 0. The Morgan fingerprint density at radius 3 is 2.76 bits per heavy atom. The predicted molar refractivity (Wildman–Crippen MR) is 79.7 cm³/mol. The van der Waals surface area contributed by atoms with Crippen molar-refractivity contribution >= 4 is 27.7 Å². The van der Waals surface area contributed by atoms with Gasteiger partial charge in [0.05, 0.1) is 0 Å². The Morgan fingerprint density at radius 2 is 2.18 bits per heavy atom. The summed E-state index contributed by atoms with van der Waals surface area (Å²) in [6.07, 6.45) is 5.67. The number of rotatable bonds is 6. The van der Waals surface area contributed by atoms with E-state index in [1.165, 1.54) is 35.1 Å². The summed E-state index contributed by atoms with van der Waals surface area (Å²) in [6, 6.07) is 9.12. The van der Waals surface area contributed by atoms with Crippen molar-refractivity contribution < 1.29 is 0 Å². The molecule has 0 bridgehead atoms. The van der Waals surface area contributed by atoms with E-state index in [0.717, 1.165) is 11.7 Å². The first-order valence-electron chi connectivity index (χ1n) is 6.34. The van der Waals surface area contributed by atoms with Crippen LogP contribution in [0.4, 0.5) is 0 Å². The maximum absolute atomic E-state index is 3.60. The molecule has 1 aliphatic carbocycles. The Hall–Kier alpha value is 0.01000. The van der Waals surface area contributed by atoms with E-state index >= 15 is 0 Å². The van der Waals surface area contributed by atoms with Gasteiger partial charge >= 0.3 is 0 Å². The molecule has 1 N–H and O–H groups in total. The van der Waals surface area contributed by atoms with Gasteiger partial charge in [-0.25, -0.2) is 0 Å². The van der Waals surface area contributed by atoms with Gasteiger partial charge in [0.15, 0.2) is 0 Å². The summed E-state index contributed by atoms with van der Waals surface area (Å²) >= 11 is 5.55. The fourth-order valence-electron chi connectivity index (χ4n) is 2.15. The lowest BCUT2D eigenvalue weighted by atomic mass is 9.81. The summed E-state index contributed by atoms with van der Waals surface area (Å²) in [5.74, 6) is 2.14. The number of nitrogens with one attached hydrogen (secondary N) is 1. The second kappa shape index (κ2) is 6.81. The van der Waals surface area contributed by atoms with Crippen molar-refractivity contribution in [2.24, 2.45) is 5.92 Å². The van der Waals surface area contributed by atoms with Crippen LogP contribution in [0.25, 0.3) is 0 Å². The van der Waals surface area contributed by atoms with Crippen molar-refractivity contribution in [3.8, 4) is 0 Å². The van der Waals surface area contributed by atoms with Crippen LogP contribution >= 0.6 is 27.7 Å². The first-order chi connectivity index (χ1) is 8.29. The first kappa shape index (κ1) is 13.4. The molecule has 0 spiro atoms. The SMILES string of the molecule is CNC(CSc1ccccc1Br)CC1CCC1. The third kappa shape index (κ3) is 4.01. The zero-order valence-electron chi connectivity index (χ0n) is 10.3. The molecule has 1 unspecified atom stereocenters. The fourth-order valence-corrected chi connectivity index (χ4v) is 3.84. The van der Waals surface area contributed by atoms with Crippen molar-refractivity contribution in [2.75, 3.05) is 12.8 Å². The van der Waals surface area contributed by atoms with Crippen molar-refractivity contribution in [1.82, 2.24) is 5.32 Å². The Labute approximate surface area is 117 Å². The van der Waals surface area contributed by atoms with Crippen LogP contribution in [0.15, 0.2) is 33.6 Å². The summed E-state index contributed by atoms with van der Waals surface area (Å²) in [5, 5.41) is 3.45. The lowest BCUT2D eigenvalue weighted by molar-refractivity contribution is 0.272.